The van der Waals surface area contributed by atoms with E-state index in [1.807, 2.05) is 11.0 Å². The third-order valence-electron chi connectivity index (χ3n) is 4.02. The van der Waals surface area contributed by atoms with Crippen LogP contribution in [0.4, 0.5) is 0 Å². The second-order valence-electron chi connectivity index (χ2n) is 6.25. The van der Waals surface area contributed by atoms with Crippen LogP contribution in [-0.4, -0.2) is 29.4 Å². The highest BCUT2D eigenvalue weighted by molar-refractivity contribution is 5.82. The van der Waals surface area contributed by atoms with Crippen molar-refractivity contribution in [3.8, 4) is 0 Å². The van der Waals surface area contributed by atoms with Crippen LogP contribution < -0.4 is 5.73 Å². The summed E-state index contributed by atoms with van der Waals surface area (Å²) in [6.45, 7) is 5.08. The van der Waals surface area contributed by atoms with Crippen LogP contribution >= 0.6 is 0 Å². The lowest BCUT2D eigenvalue weighted by molar-refractivity contribution is -0.133. The molecule has 2 N–H and O–H groups in total. The molecule has 0 spiro atoms. The van der Waals surface area contributed by atoms with Crippen LogP contribution in [0.15, 0.2) is 30.3 Å². The molecule has 3 nitrogen and oxygen atoms in total. The molecular weight excluding hydrogens is 248 g/mol. The lowest BCUT2D eigenvalue weighted by Gasteiger charge is -2.28. The van der Waals surface area contributed by atoms with E-state index in [4.69, 9.17) is 5.73 Å². The van der Waals surface area contributed by atoms with Crippen LogP contribution in [0.2, 0.25) is 0 Å². The summed E-state index contributed by atoms with van der Waals surface area (Å²) < 4.78 is 0. The van der Waals surface area contributed by atoms with E-state index in [1.165, 1.54) is 5.56 Å². The van der Waals surface area contributed by atoms with Gasteiger partial charge >= 0.3 is 0 Å². The highest BCUT2D eigenvalue weighted by Crippen LogP contribution is 2.22. The summed E-state index contributed by atoms with van der Waals surface area (Å²) in [7, 11) is 0. The van der Waals surface area contributed by atoms with Crippen molar-refractivity contribution in [2.45, 2.75) is 51.6 Å². The molecule has 1 aromatic rings. The van der Waals surface area contributed by atoms with Gasteiger partial charge in [0.25, 0.3) is 0 Å². The van der Waals surface area contributed by atoms with Crippen LogP contribution in [0.5, 0.6) is 0 Å². The fourth-order valence-corrected chi connectivity index (χ4v) is 3.05. The number of hydrogen-bond acceptors (Lipinski definition) is 2. The van der Waals surface area contributed by atoms with Crippen molar-refractivity contribution in [3.05, 3.63) is 35.9 Å². The monoisotopic (exact) mass is 274 g/mol. The second kappa shape index (κ2) is 6.89. The Bertz CT molecular complexity index is 430. The fraction of sp³-hybridized carbons (Fsp3) is 0.588. The molecule has 2 unspecified atom stereocenters. The molecule has 20 heavy (non-hydrogen) atoms. The molecule has 3 heteroatoms. The molecule has 0 radical (unpaired) electrons. The highest BCUT2D eigenvalue weighted by atomic mass is 16.2. The lowest BCUT2D eigenvalue weighted by Crippen LogP contribution is -2.47. The quantitative estimate of drug-likeness (QED) is 0.897. The van der Waals surface area contributed by atoms with Crippen molar-refractivity contribution < 1.29 is 4.79 Å². The van der Waals surface area contributed by atoms with Gasteiger partial charge in [0.1, 0.15) is 0 Å². The first kappa shape index (κ1) is 15.0. The van der Waals surface area contributed by atoms with Gasteiger partial charge in [-0.3, -0.25) is 4.79 Å². The van der Waals surface area contributed by atoms with Crippen LogP contribution in [0, 0.1) is 5.92 Å². The summed E-state index contributed by atoms with van der Waals surface area (Å²) in [6, 6.07) is 10.4. The molecule has 1 amide bonds. The predicted octanol–water partition coefficient (Wildman–Crippen LogP) is 2.59. The van der Waals surface area contributed by atoms with Gasteiger partial charge in [-0.05, 0) is 37.2 Å². The molecular formula is C17H26N2O. The molecule has 1 fully saturated rings. The first-order valence-corrected chi connectivity index (χ1v) is 7.68. The van der Waals surface area contributed by atoms with Gasteiger partial charge in [0.05, 0.1) is 6.04 Å². The van der Waals surface area contributed by atoms with E-state index in [9.17, 15) is 4.79 Å². The summed E-state index contributed by atoms with van der Waals surface area (Å²) in [6.07, 6.45) is 3.90. The third-order valence-corrected chi connectivity index (χ3v) is 4.02. The number of likely N-dealkylation sites (tertiary alicyclic amines) is 1. The molecule has 1 aliphatic heterocycles. The molecule has 0 aliphatic carbocycles. The van der Waals surface area contributed by atoms with Gasteiger partial charge in [-0.1, -0.05) is 44.2 Å². The largest absolute Gasteiger partial charge is 0.338 e. The Morgan fingerprint density at radius 1 is 1.35 bits per heavy atom. The van der Waals surface area contributed by atoms with Gasteiger partial charge in [0.15, 0.2) is 0 Å². The van der Waals surface area contributed by atoms with Crippen molar-refractivity contribution in [3.63, 3.8) is 0 Å². The average molecular weight is 274 g/mol. The van der Waals surface area contributed by atoms with E-state index in [0.717, 1.165) is 32.2 Å². The molecule has 1 saturated heterocycles. The SMILES string of the molecule is CC(C)CC(N)C(=O)N1CCCC1Cc1ccccc1. The fourth-order valence-electron chi connectivity index (χ4n) is 3.05. The molecule has 2 rings (SSSR count). The van der Waals surface area contributed by atoms with Crippen molar-refractivity contribution in [1.29, 1.82) is 0 Å². The van der Waals surface area contributed by atoms with Crippen molar-refractivity contribution in [2.24, 2.45) is 11.7 Å². The van der Waals surface area contributed by atoms with Crippen molar-refractivity contribution in [1.82, 2.24) is 4.90 Å². The Morgan fingerprint density at radius 2 is 2.05 bits per heavy atom. The first-order chi connectivity index (χ1) is 9.58. The van der Waals surface area contributed by atoms with Gasteiger partial charge in [-0.25, -0.2) is 0 Å². The summed E-state index contributed by atoms with van der Waals surface area (Å²) >= 11 is 0. The standard InChI is InChI=1S/C17H26N2O/c1-13(2)11-16(18)17(20)19-10-6-9-15(19)12-14-7-4-3-5-8-14/h3-5,7-8,13,15-16H,6,9-12,18H2,1-2H3. The normalized spacial score (nSPS) is 20.4. The summed E-state index contributed by atoms with van der Waals surface area (Å²) in [5.74, 6) is 0.598. The molecule has 0 saturated carbocycles. The van der Waals surface area contributed by atoms with Crippen molar-refractivity contribution >= 4 is 5.91 Å². The lowest BCUT2D eigenvalue weighted by atomic mass is 10.0. The number of benzene rings is 1. The zero-order chi connectivity index (χ0) is 14.5. The van der Waals surface area contributed by atoms with Crippen LogP contribution in [0.25, 0.3) is 0 Å². The Morgan fingerprint density at radius 3 is 2.70 bits per heavy atom. The predicted molar refractivity (Wildman–Crippen MR) is 82.3 cm³/mol. The van der Waals surface area contributed by atoms with Crippen LogP contribution in [0.3, 0.4) is 0 Å². The number of carbonyl (C=O) groups excluding carboxylic acids is 1. The first-order valence-electron chi connectivity index (χ1n) is 7.68. The van der Waals surface area contributed by atoms with Gasteiger partial charge in [0.2, 0.25) is 5.91 Å². The number of amides is 1. The average Bonchev–Trinajstić information content (AvgIpc) is 2.86. The molecule has 110 valence electrons. The van der Waals surface area contributed by atoms with Gasteiger partial charge in [-0.2, -0.15) is 0 Å². The van der Waals surface area contributed by atoms with Gasteiger partial charge < -0.3 is 10.6 Å². The minimum absolute atomic E-state index is 0.136. The Hall–Kier alpha value is -1.35. The summed E-state index contributed by atoms with van der Waals surface area (Å²) in [5, 5.41) is 0. The molecule has 1 heterocycles. The van der Waals surface area contributed by atoms with Crippen molar-refractivity contribution in [2.75, 3.05) is 6.54 Å². The second-order valence-corrected chi connectivity index (χ2v) is 6.25. The molecule has 1 aromatic carbocycles. The van der Waals surface area contributed by atoms with E-state index >= 15 is 0 Å². The zero-order valence-corrected chi connectivity index (χ0v) is 12.6. The zero-order valence-electron chi connectivity index (χ0n) is 12.6. The summed E-state index contributed by atoms with van der Waals surface area (Å²) in [5.41, 5.74) is 7.36. The van der Waals surface area contributed by atoms with Gasteiger partial charge in [0, 0.05) is 12.6 Å². The minimum atomic E-state index is -0.341. The maximum atomic E-state index is 12.5. The maximum Gasteiger partial charge on any atom is 0.239 e. The van der Waals surface area contributed by atoms with E-state index in [0.29, 0.717) is 12.0 Å². The van der Waals surface area contributed by atoms with Gasteiger partial charge in [-0.15, -0.1) is 0 Å². The Labute approximate surface area is 122 Å². The molecule has 1 aliphatic rings. The summed E-state index contributed by atoms with van der Waals surface area (Å²) in [4.78, 5) is 14.5. The van der Waals surface area contributed by atoms with E-state index in [-0.39, 0.29) is 11.9 Å². The molecule has 2 atom stereocenters. The number of rotatable bonds is 5. The number of nitrogens with zero attached hydrogens (tertiary/aromatic N) is 1. The van der Waals surface area contributed by atoms with Crippen LogP contribution in [0.1, 0.15) is 38.7 Å². The topological polar surface area (TPSA) is 46.3 Å². The third kappa shape index (κ3) is 3.83. The number of nitrogens with two attached hydrogens (primary N) is 1. The molecule has 0 bridgehead atoms. The number of carbonyl (C=O) groups is 1. The molecule has 0 aromatic heterocycles. The van der Waals surface area contributed by atoms with Crippen LogP contribution in [-0.2, 0) is 11.2 Å². The van der Waals surface area contributed by atoms with E-state index < -0.39 is 0 Å². The Kier molecular flexibility index (Phi) is 5.18. The Balaban J connectivity index is 1.98. The smallest absolute Gasteiger partial charge is 0.239 e. The van der Waals surface area contributed by atoms with E-state index in [2.05, 4.69) is 38.1 Å². The number of hydrogen-bond donors (Lipinski definition) is 1. The minimum Gasteiger partial charge on any atom is -0.338 e. The van der Waals surface area contributed by atoms with E-state index in [1.54, 1.807) is 0 Å². The maximum absolute atomic E-state index is 12.5. The highest BCUT2D eigenvalue weighted by Gasteiger charge is 2.31.